The summed E-state index contributed by atoms with van der Waals surface area (Å²) in [5, 5.41) is 7.59. The molecule has 4 heteroatoms. The summed E-state index contributed by atoms with van der Waals surface area (Å²) in [5.74, 6) is 0.829. The number of nitrogens with zero attached hydrogens (tertiary/aromatic N) is 3. The molecular formula is C12H10N4. The molecule has 3 rings (SSSR count). The molecule has 0 spiro atoms. The fraction of sp³-hybridized carbons (Fsp3) is 0.0833. The molecule has 16 heavy (non-hydrogen) atoms. The van der Waals surface area contributed by atoms with Crippen molar-refractivity contribution >= 4 is 11.0 Å². The van der Waals surface area contributed by atoms with Crippen LogP contribution >= 0.6 is 0 Å². The maximum Gasteiger partial charge on any atom is 0.140 e. The van der Waals surface area contributed by atoms with Crippen molar-refractivity contribution < 1.29 is 0 Å². The van der Waals surface area contributed by atoms with E-state index >= 15 is 0 Å². The molecule has 1 aromatic carbocycles. The summed E-state index contributed by atoms with van der Waals surface area (Å²) in [6.45, 7) is 2.06. The van der Waals surface area contributed by atoms with Crippen LogP contribution in [0.4, 0.5) is 0 Å². The maximum absolute atomic E-state index is 4.50. The topological polar surface area (TPSA) is 54.5 Å². The van der Waals surface area contributed by atoms with E-state index in [-0.39, 0.29) is 0 Å². The molecule has 0 bridgehead atoms. The Morgan fingerprint density at radius 1 is 1.12 bits per heavy atom. The maximum atomic E-state index is 4.50. The fourth-order valence-corrected chi connectivity index (χ4v) is 1.69. The highest BCUT2D eigenvalue weighted by Crippen LogP contribution is 2.19. The molecule has 0 aliphatic heterocycles. The van der Waals surface area contributed by atoms with Crippen molar-refractivity contribution in [3.05, 3.63) is 42.2 Å². The van der Waals surface area contributed by atoms with E-state index in [0.29, 0.717) is 0 Å². The lowest BCUT2D eigenvalue weighted by atomic mass is 10.2. The van der Waals surface area contributed by atoms with Gasteiger partial charge in [-0.05, 0) is 30.7 Å². The first kappa shape index (κ1) is 9.03. The van der Waals surface area contributed by atoms with E-state index in [1.807, 2.05) is 12.1 Å². The van der Waals surface area contributed by atoms with E-state index < -0.39 is 0 Å². The normalized spacial score (nSPS) is 10.8. The van der Waals surface area contributed by atoms with Gasteiger partial charge in [-0.2, -0.15) is 10.2 Å². The van der Waals surface area contributed by atoms with E-state index in [9.17, 15) is 0 Å². The van der Waals surface area contributed by atoms with Crippen molar-refractivity contribution in [3.63, 3.8) is 0 Å². The third kappa shape index (κ3) is 1.44. The Balaban J connectivity index is 2.19. The van der Waals surface area contributed by atoms with Gasteiger partial charge in [0.05, 0.1) is 23.4 Å². The summed E-state index contributed by atoms with van der Waals surface area (Å²) in [6.07, 6.45) is 3.36. The summed E-state index contributed by atoms with van der Waals surface area (Å²) in [6, 6.07) is 8.04. The summed E-state index contributed by atoms with van der Waals surface area (Å²) in [5.41, 5.74) is 4.18. The van der Waals surface area contributed by atoms with Gasteiger partial charge < -0.3 is 4.98 Å². The van der Waals surface area contributed by atoms with Gasteiger partial charge in [0.2, 0.25) is 0 Å². The SMILES string of the molecule is Cc1ccc2nc(-c3ccnnc3)[nH]c2c1. The van der Waals surface area contributed by atoms with Gasteiger partial charge in [0, 0.05) is 5.56 Å². The number of aromatic amines is 1. The van der Waals surface area contributed by atoms with Gasteiger partial charge in [-0.25, -0.2) is 4.98 Å². The minimum Gasteiger partial charge on any atom is -0.338 e. The van der Waals surface area contributed by atoms with Gasteiger partial charge in [-0.3, -0.25) is 0 Å². The first-order valence-electron chi connectivity index (χ1n) is 5.06. The smallest absolute Gasteiger partial charge is 0.140 e. The number of fused-ring (bicyclic) bond motifs is 1. The Bertz CT molecular complexity index is 628. The molecule has 0 saturated carbocycles. The van der Waals surface area contributed by atoms with Gasteiger partial charge >= 0.3 is 0 Å². The predicted molar refractivity (Wildman–Crippen MR) is 61.9 cm³/mol. The molecular weight excluding hydrogens is 200 g/mol. The molecule has 2 aromatic heterocycles. The molecule has 78 valence electrons. The molecule has 0 aliphatic rings. The average molecular weight is 210 g/mol. The lowest BCUT2D eigenvalue weighted by Gasteiger charge is -1.92. The summed E-state index contributed by atoms with van der Waals surface area (Å²) >= 11 is 0. The molecule has 3 aromatic rings. The van der Waals surface area contributed by atoms with Crippen LogP contribution in [0.2, 0.25) is 0 Å². The molecule has 0 unspecified atom stereocenters. The number of H-pyrrole nitrogens is 1. The summed E-state index contributed by atoms with van der Waals surface area (Å²) in [7, 11) is 0. The Morgan fingerprint density at radius 3 is 2.88 bits per heavy atom. The zero-order valence-electron chi connectivity index (χ0n) is 8.81. The van der Waals surface area contributed by atoms with Crippen molar-refractivity contribution in [2.45, 2.75) is 6.92 Å². The lowest BCUT2D eigenvalue weighted by molar-refractivity contribution is 1.03. The Morgan fingerprint density at radius 2 is 2.06 bits per heavy atom. The fourth-order valence-electron chi connectivity index (χ4n) is 1.69. The van der Waals surface area contributed by atoms with E-state index in [0.717, 1.165) is 22.4 Å². The van der Waals surface area contributed by atoms with Crippen LogP contribution in [-0.4, -0.2) is 20.2 Å². The van der Waals surface area contributed by atoms with Crippen LogP contribution in [0.5, 0.6) is 0 Å². The average Bonchev–Trinajstić information content (AvgIpc) is 2.73. The zero-order chi connectivity index (χ0) is 11.0. The highest BCUT2D eigenvalue weighted by molar-refractivity contribution is 5.79. The van der Waals surface area contributed by atoms with Crippen molar-refractivity contribution in [3.8, 4) is 11.4 Å². The van der Waals surface area contributed by atoms with Gasteiger partial charge in [-0.1, -0.05) is 6.07 Å². The molecule has 1 N–H and O–H groups in total. The van der Waals surface area contributed by atoms with Crippen LogP contribution in [0, 0.1) is 6.92 Å². The first-order valence-corrected chi connectivity index (χ1v) is 5.06. The van der Waals surface area contributed by atoms with Crippen molar-refractivity contribution in [2.24, 2.45) is 0 Å². The lowest BCUT2D eigenvalue weighted by Crippen LogP contribution is -1.83. The quantitative estimate of drug-likeness (QED) is 0.670. The largest absolute Gasteiger partial charge is 0.338 e. The second kappa shape index (κ2) is 3.41. The van der Waals surface area contributed by atoms with Crippen LogP contribution in [-0.2, 0) is 0 Å². The molecule has 0 radical (unpaired) electrons. The number of aromatic nitrogens is 4. The molecule has 0 saturated heterocycles. The number of benzene rings is 1. The summed E-state index contributed by atoms with van der Waals surface area (Å²) < 4.78 is 0. The van der Waals surface area contributed by atoms with E-state index in [2.05, 4.69) is 39.2 Å². The predicted octanol–water partition coefficient (Wildman–Crippen LogP) is 2.33. The van der Waals surface area contributed by atoms with Gasteiger partial charge in [0.25, 0.3) is 0 Å². The number of hydrogen-bond acceptors (Lipinski definition) is 3. The molecule has 2 heterocycles. The van der Waals surface area contributed by atoms with Crippen LogP contribution in [0.15, 0.2) is 36.7 Å². The monoisotopic (exact) mass is 210 g/mol. The van der Waals surface area contributed by atoms with Gasteiger partial charge in [0.15, 0.2) is 0 Å². The molecule has 4 nitrogen and oxygen atoms in total. The Labute approximate surface area is 92.4 Å². The number of imidazole rings is 1. The second-order valence-electron chi connectivity index (χ2n) is 3.74. The van der Waals surface area contributed by atoms with E-state index in [4.69, 9.17) is 0 Å². The second-order valence-corrected chi connectivity index (χ2v) is 3.74. The standard InChI is InChI=1S/C12H10N4/c1-8-2-3-10-11(6-8)16-12(15-10)9-4-5-13-14-7-9/h2-7H,1H3,(H,15,16). The Kier molecular flexibility index (Phi) is 1.93. The zero-order valence-corrected chi connectivity index (χ0v) is 8.81. The van der Waals surface area contributed by atoms with Crippen LogP contribution in [0.25, 0.3) is 22.4 Å². The van der Waals surface area contributed by atoms with E-state index in [1.54, 1.807) is 12.4 Å². The third-order valence-electron chi connectivity index (χ3n) is 2.50. The number of aryl methyl sites for hydroxylation is 1. The minimum absolute atomic E-state index is 0.829. The number of hydrogen-bond donors (Lipinski definition) is 1. The van der Waals surface area contributed by atoms with Crippen molar-refractivity contribution in [2.75, 3.05) is 0 Å². The van der Waals surface area contributed by atoms with Gasteiger partial charge in [-0.15, -0.1) is 0 Å². The van der Waals surface area contributed by atoms with Gasteiger partial charge in [0.1, 0.15) is 5.82 Å². The molecule has 0 atom stereocenters. The van der Waals surface area contributed by atoms with E-state index in [1.165, 1.54) is 5.56 Å². The summed E-state index contributed by atoms with van der Waals surface area (Å²) in [4.78, 5) is 7.77. The Hall–Kier alpha value is -2.23. The molecule has 0 aliphatic carbocycles. The van der Waals surface area contributed by atoms with Crippen LogP contribution in [0.1, 0.15) is 5.56 Å². The van der Waals surface area contributed by atoms with Crippen LogP contribution in [0.3, 0.4) is 0 Å². The number of nitrogens with one attached hydrogen (secondary N) is 1. The van der Waals surface area contributed by atoms with Crippen molar-refractivity contribution in [1.29, 1.82) is 0 Å². The highest BCUT2D eigenvalue weighted by Gasteiger charge is 2.04. The first-order chi connectivity index (χ1) is 7.83. The molecule has 0 fully saturated rings. The highest BCUT2D eigenvalue weighted by atomic mass is 15.1. The third-order valence-corrected chi connectivity index (χ3v) is 2.50. The minimum atomic E-state index is 0.829. The molecule has 0 amide bonds. The van der Waals surface area contributed by atoms with Crippen LogP contribution < -0.4 is 0 Å². The number of rotatable bonds is 1. The van der Waals surface area contributed by atoms with Crippen molar-refractivity contribution in [1.82, 2.24) is 20.2 Å².